The van der Waals surface area contributed by atoms with Crippen molar-refractivity contribution in [1.29, 1.82) is 0 Å². The lowest BCUT2D eigenvalue weighted by molar-refractivity contribution is 0.0991. The van der Waals surface area contributed by atoms with E-state index in [1.54, 1.807) is 13.0 Å². The topological polar surface area (TPSA) is 113 Å². The third-order valence-corrected chi connectivity index (χ3v) is 6.57. The van der Waals surface area contributed by atoms with E-state index in [2.05, 4.69) is 15.0 Å². The zero-order chi connectivity index (χ0) is 30.0. The van der Waals surface area contributed by atoms with Gasteiger partial charge in [-0.2, -0.15) is 0 Å². The average molecular weight is 574 g/mol. The molecule has 0 saturated heterocycles. The highest BCUT2D eigenvalue weighted by Crippen LogP contribution is 2.35. The van der Waals surface area contributed by atoms with E-state index in [9.17, 15) is 14.0 Å². The van der Waals surface area contributed by atoms with E-state index in [1.165, 1.54) is 76.1 Å². The number of benzene rings is 2. The van der Waals surface area contributed by atoms with Crippen LogP contribution in [0, 0.1) is 18.6 Å². The van der Waals surface area contributed by atoms with Crippen molar-refractivity contribution >= 4 is 16.8 Å². The molecule has 0 unspecified atom stereocenters. The summed E-state index contributed by atoms with van der Waals surface area (Å²) in [5.74, 6) is -0.863. The monoisotopic (exact) mass is 573 g/mol. The molecule has 3 aromatic heterocycles. The van der Waals surface area contributed by atoms with Crippen LogP contribution in [0.2, 0.25) is 0 Å². The number of methoxy groups -OCH3 is 3. The minimum atomic E-state index is -0.724. The number of pyridine rings is 3. The van der Waals surface area contributed by atoms with Gasteiger partial charge in [0.25, 0.3) is 5.88 Å². The first-order valence-electron chi connectivity index (χ1n) is 12.7. The maximum Gasteiger partial charge on any atom is 0.257 e. The van der Waals surface area contributed by atoms with Crippen molar-refractivity contribution < 1.29 is 32.5 Å². The Hall–Kier alpha value is -5.32. The van der Waals surface area contributed by atoms with Crippen LogP contribution in [0.3, 0.4) is 0 Å². The Morgan fingerprint density at radius 1 is 0.905 bits per heavy atom. The molecule has 0 aliphatic heterocycles. The number of aromatic nitrogens is 3. The predicted octanol–water partition coefficient (Wildman–Crippen LogP) is 5.82. The number of halogens is 2. The molecule has 0 amide bonds. The standard InChI is InChI=1S/C31H25F2N3O6/c1-16-26(29(38)27(31(35-16)41-4)18-6-8-19(32)9-7-18)22(37)14-17-5-10-23(20(33)13-17)42-24-11-12-34-21-15-25(39-2)30(40-3)36-28(21)24/h5-13,15H,14H2,1-4H3,(H,35,38). The Morgan fingerprint density at radius 2 is 1.67 bits per heavy atom. The van der Waals surface area contributed by atoms with E-state index in [-0.39, 0.29) is 46.5 Å². The smallest absolute Gasteiger partial charge is 0.257 e. The van der Waals surface area contributed by atoms with E-state index in [0.29, 0.717) is 27.9 Å². The average Bonchev–Trinajstić information content (AvgIpc) is 2.98. The fourth-order valence-electron chi connectivity index (χ4n) is 4.58. The van der Waals surface area contributed by atoms with Gasteiger partial charge in [0.05, 0.1) is 38.0 Å². The molecule has 5 rings (SSSR count). The molecule has 11 heteroatoms. The van der Waals surface area contributed by atoms with Gasteiger partial charge in [0.1, 0.15) is 11.3 Å². The number of H-pyrrole nitrogens is 1. The van der Waals surface area contributed by atoms with Crippen LogP contribution in [0.5, 0.6) is 29.0 Å². The van der Waals surface area contributed by atoms with Crippen LogP contribution in [0.15, 0.2) is 65.6 Å². The van der Waals surface area contributed by atoms with Gasteiger partial charge in [-0.15, -0.1) is 0 Å². The minimum Gasteiger partial charge on any atom is -0.491 e. The molecule has 0 aliphatic carbocycles. The summed E-state index contributed by atoms with van der Waals surface area (Å²) in [6.07, 6.45) is 1.23. The van der Waals surface area contributed by atoms with Gasteiger partial charge in [-0.25, -0.2) is 13.8 Å². The Bertz CT molecular complexity index is 1870. The zero-order valence-electron chi connectivity index (χ0n) is 23.1. The molecule has 0 aliphatic rings. The molecular weight excluding hydrogens is 548 g/mol. The Morgan fingerprint density at radius 3 is 2.33 bits per heavy atom. The number of ether oxygens (including phenoxy) is 4. The summed E-state index contributed by atoms with van der Waals surface area (Å²) in [6, 6.07) is 12.5. The highest BCUT2D eigenvalue weighted by Gasteiger charge is 2.23. The van der Waals surface area contributed by atoms with Crippen LogP contribution in [-0.4, -0.2) is 42.1 Å². The number of nitrogens with zero attached hydrogens (tertiary/aromatic N) is 2. The number of hydrogen-bond donors (Lipinski definition) is 1. The molecule has 42 heavy (non-hydrogen) atoms. The van der Waals surface area contributed by atoms with E-state index < -0.39 is 22.8 Å². The normalized spacial score (nSPS) is 10.9. The Balaban J connectivity index is 1.43. The third kappa shape index (κ3) is 5.36. The van der Waals surface area contributed by atoms with Crippen LogP contribution in [0.25, 0.3) is 22.2 Å². The zero-order valence-corrected chi connectivity index (χ0v) is 23.1. The summed E-state index contributed by atoms with van der Waals surface area (Å²) in [5.41, 5.74) is 1.19. The maximum absolute atomic E-state index is 15.2. The van der Waals surface area contributed by atoms with Crippen molar-refractivity contribution in [2.45, 2.75) is 13.3 Å². The summed E-state index contributed by atoms with van der Waals surface area (Å²) >= 11 is 0. The van der Waals surface area contributed by atoms with Crippen LogP contribution in [-0.2, 0) is 6.42 Å². The van der Waals surface area contributed by atoms with E-state index in [4.69, 9.17) is 18.9 Å². The molecule has 1 N–H and O–H groups in total. The van der Waals surface area contributed by atoms with Crippen LogP contribution in [0.4, 0.5) is 8.78 Å². The Labute approximate surface area is 238 Å². The quantitative estimate of drug-likeness (QED) is 0.220. The van der Waals surface area contributed by atoms with Gasteiger partial charge in [-0.1, -0.05) is 18.2 Å². The maximum atomic E-state index is 15.2. The van der Waals surface area contributed by atoms with Crippen molar-refractivity contribution in [2.75, 3.05) is 21.3 Å². The molecule has 5 aromatic rings. The summed E-state index contributed by atoms with van der Waals surface area (Å²) in [4.78, 5) is 38.4. The number of aryl methyl sites for hydroxylation is 1. The minimum absolute atomic E-state index is 0.0915. The molecule has 0 bridgehead atoms. The number of nitrogens with one attached hydrogen (secondary N) is 1. The second-order valence-electron chi connectivity index (χ2n) is 9.21. The number of ketones is 1. The molecule has 0 saturated carbocycles. The van der Waals surface area contributed by atoms with Crippen molar-refractivity contribution in [3.8, 4) is 40.1 Å². The highest BCUT2D eigenvalue weighted by molar-refractivity contribution is 5.99. The van der Waals surface area contributed by atoms with Gasteiger partial charge in [-0.3, -0.25) is 14.6 Å². The summed E-state index contributed by atoms with van der Waals surface area (Å²) in [7, 11) is 4.30. The van der Waals surface area contributed by atoms with Gasteiger partial charge in [0, 0.05) is 30.4 Å². The highest BCUT2D eigenvalue weighted by atomic mass is 19.1. The first-order chi connectivity index (χ1) is 20.2. The van der Waals surface area contributed by atoms with Crippen molar-refractivity contribution in [1.82, 2.24) is 15.0 Å². The molecular formula is C31H25F2N3O6. The third-order valence-electron chi connectivity index (χ3n) is 6.57. The van der Waals surface area contributed by atoms with E-state index in [0.717, 1.165) is 0 Å². The molecule has 2 aromatic carbocycles. The number of rotatable bonds is 9. The fraction of sp³-hybridized carbons (Fsp3) is 0.161. The van der Waals surface area contributed by atoms with Crippen LogP contribution >= 0.6 is 0 Å². The molecule has 0 fully saturated rings. The molecule has 3 heterocycles. The van der Waals surface area contributed by atoms with Crippen molar-refractivity contribution in [3.05, 3.63) is 99.5 Å². The largest absolute Gasteiger partial charge is 0.491 e. The lowest BCUT2D eigenvalue weighted by Gasteiger charge is -2.14. The molecule has 0 radical (unpaired) electrons. The van der Waals surface area contributed by atoms with Gasteiger partial charge in [0.15, 0.2) is 28.8 Å². The summed E-state index contributed by atoms with van der Waals surface area (Å²) in [5, 5.41) is 0. The number of fused-ring (bicyclic) bond motifs is 1. The second-order valence-corrected chi connectivity index (χ2v) is 9.21. The predicted molar refractivity (Wildman–Crippen MR) is 151 cm³/mol. The molecule has 0 spiro atoms. The number of hydrogen-bond acceptors (Lipinski definition) is 8. The molecule has 0 atom stereocenters. The summed E-state index contributed by atoms with van der Waals surface area (Å²) < 4.78 is 50.3. The number of carbonyl (C=O) groups excluding carboxylic acids is 1. The second kappa shape index (κ2) is 11.7. The lowest BCUT2D eigenvalue weighted by Crippen LogP contribution is -2.22. The number of aromatic amines is 1. The van der Waals surface area contributed by atoms with Gasteiger partial charge in [-0.05, 0) is 42.3 Å². The van der Waals surface area contributed by atoms with Crippen molar-refractivity contribution in [2.24, 2.45) is 0 Å². The van der Waals surface area contributed by atoms with Gasteiger partial charge < -0.3 is 23.9 Å². The van der Waals surface area contributed by atoms with Crippen LogP contribution in [0.1, 0.15) is 21.6 Å². The van der Waals surface area contributed by atoms with E-state index >= 15 is 4.39 Å². The lowest BCUT2D eigenvalue weighted by atomic mass is 9.97. The summed E-state index contributed by atoms with van der Waals surface area (Å²) in [6.45, 7) is 1.57. The van der Waals surface area contributed by atoms with Crippen molar-refractivity contribution in [3.63, 3.8) is 0 Å². The number of Topliss-reactive ketones (excluding diaryl/α,β-unsaturated/α-hetero) is 1. The number of carbonyl (C=O) groups is 1. The van der Waals surface area contributed by atoms with Gasteiger partial charge in [0.2, 0.25) is 11.3 Å². The molecule has 9 nitrogen and oxygen atoms in total. The van der Waals surface area contributed by atoms with Crippen LogP contribution < -0.4 is 24.4 Å². The van der Waals surface area contributed by atoms with E-state index in [1.807, 2.05) is 0 Å². The van der Waals surface area contributed by atoms with Gasteiger partial charge >= 0.3 is 0 Å². The first kappa shape index (κ1) is 28.2. The fourth-order valence-corrected chi connectivity index (χ4v) is 4.58. The SMILES string of the molecule is COc1cc2nccc(Oc3ccc(CC(=O)c4c(C)[nH]c(OC)c(-c5ccc(F)cc5)c4=O)cc3F)c2nc1OC. The molecule has 214 valence electrons. The Kier molecular flexibility index (Phi) is 7.83. The first-order valence-corrected chi connectivity index (χ1v) is 12.7.